The van der Waals surface area contributed by atoms with Gasteiger partial charge >= 0.3 is 0 Å². The number of methoxy groups -OCH3 is 1. The molecule has 0 aliphatic rings. The Balaban J connectivity index is 0.00000312. The minimum absolute atomic E-state index is 0. The standard InChI is InChI=1S/C20H26ClNO2.ClH/c1-3-4-7-13-22-14-16-10-8-12-19(23-2)20(16)24-15-17-9-5-6-11-18(17)21;/h5-6,8-12,22H,3-4,7,13-15H2,1-2H3;1H. The Morgan fingerprint density at radius 3 is 2.48 bits per heavy atom. The quantitative estimate of drug-likeness (QED) is 0.539. The summed E-state index contributed by atoms with van der Waals surface area (Å²) in [4.78, 5) is 0. The van der Waals surface area contributed by atoms with Crippen LogP contribution >= 0.6 is 24.0 Å². The molecule has 2 aromatic rings. The molecule has 5 heteroatoms. The van der Waals surface area contributed by atoms with Crippen molar-refractivity contribution in [2.45, 2.75) is 39.3 Å². The zero-order valence-corrected chi connectivity index (χ0v) is 16.5. The summed E-state index contributed by atoms with van der Waals surface area (Å²) in [6.07, 6.45) is 3.67. The fourth-order valence-corrected chi connectivity index (χ4v) is 2.70. The molecule has 25 heavy (non-hydrogen) atoms. The predicted molar refractivity (Wildman–Crippen MR) is 107 cm³/mol. The fourth-order valence-electron chi connectivity index (χ4n) is 2.51. The summed E-state index contributed by atoms with van der Waals surface area (Å²) >= 11 is 6.21. The van der Waals surface area contributed by atoms with Crippen molar-refractivity contribution in [3.63, 3.8) is 0 Å². The lowest BCUT2D eigenvalue weighted by atomic mass is 10.1. The van der Waals surface area contributed by atoms with E-state index in [1.807, 2.05) is 36.4 Å². The lowest BCUT2D eigenvalue weighted by Gasteiger charge is -2.16. The molecule has 0 aliphatic carbocycles. The Bertz CT molecular complexity index is 635. The Morgan fingerprint density at radius 2 is 1.76 bits per heavy atom. The van der Waals surface area contributed by atoms with Crippen LogP contribution in [0, 0.1) is 0 Å². The van der Waals surface area contributed by atoms with Crippen LogP contribution < -0.4 is 14.8 Å². The van der Waals surface area contributed by atoms with Crippen molar-refractivity contribution in [1.82, 2.24) is 5.32 Å². The third-order valence-electron chi connectivity index (χ3n) is 3.88. The van der Waals surface area contributed by atoms with Crippen molar-refractivity contribution < 1.29 is 9.47 Å². The third-order valence-corrected chi connectivity index (χ3v) is 4.25. The first-order valence-electron chi connectivity index (χ1n) is 8.49. The SMILES string of the molecule is CCCCCNCc1cccc(OC)c1OCc1ccccc1Cl.Cl. The molecule has 0 amide bonds. The second kappa shape index (κ2) is 12.0. The third kappa shape index (κ3) is 6.77. The van der Waals surface area contributed by atoms with Crippen LogP contribution in [0.1, 0.15) is 37.3 Å². The van der Waals surface area contributed by atoms with Gasteiger partial charge in [-0.1, -0.05) is 61.7 Å². The maximum atomic E-state index is 6.21. The van der Waals surface area contributed by atoms with E-state index in [4.69, 9.17) is 21.1 Å². The number of unbranched alkanes of at least 4 members (excludes halogenated alkanes) is 2. The molecule has 0 bridgehead atoms. The highest BCUT2D eigenvalue weighted by molar-refractivity contribution is 6.31. The molecule has 0 aliphatic heterocycles. The molecule has 2 aromatic carbocycles. The van der Waals surface area contributed by atoms with Gasteiger partial charge in [-0.2, -0.15) is 0 Å². The number of hydrogen-bond donors (Lipinski definition) is 1. The van der Waals surface area contributed by atoms with Crippen molar-refractivity contribution in [3.05, 3.63) is 58.6 Å². The van der Waals surface area contributed by atoms with E-state index in [1.54, 1.807) is 7.11 Å². The first-order valence-corrected chi connectivity index (χ1v) is 8.86. The topological polar surface area (TPSA) is 30.5 Å². The maximum absolute atomic E-state index is 6.21. The largest absolute Gasteiger partial charge is 0.493 e. The van der Waals surface area contributed by atoms with Crippen LogP contribution in [0.2, 0.25) is 5.02 Å². The molecule has 0 saturated carbocycles. The fraction of sp³-hybridized carbons (Fsp3) is 0.400. The van der Waals surface area contributed by atoms with Crippen LogP contribution in [0.5, 0.6) is 11.5 Å². The van der Waals surface area contributed by atoms with Crippen LogP contribution in [0.15, 0.2) is 42.5 Å². The summed E-state index contributed by atoms with van der Waals surface area (Å²) in [7, 11) is 1.66. The number of benzene rings is 2. The van der Waals surface area contributed by atoms with E-state index in [2.05, 4.69) is 18.3 Å². The normalized spacial score (nSPS) is 10.2. The molecular formula is C20H27Cl2NO2. The summed E-state index contributed by atoms with van der Waals surface area (Å²) in [5, 5.41) is 4.19. The maximum Gasteiger partial charge on any atom is 0.166 e. The molecule has 0 unspecified atom stereocenters. The van der Waals surface area contributed by atoms with Crippen LogP contribution in [-0.2, 0) is 13.2 Å². The summed E-state index contributed by atoms with van der Waals surface area (Å²) in [5.74, 6) is 1.53. The number of ether oxygens (including phenoxy) is 2. The van der Waals surface area contributed by atoms with Gasteiger partial charge in [0.2, 0.25) is 0 Å². The van der Waals surface area contributed by atoms with Gasteiger partial charge in [-0.15, -0.1) is 12.4 Å². The highest BCUT2D eigenvalue weighted by atomic mass is 35.5. The second-order valence-electron chi connectivity index (χ2n) is 5.71. The molecule has 0 atom stereocenters. The van der Waals surface area contributed by atoms with Crippen LogP contribution in [-0.4, -0.2) is 13.7 Å². The molecule has 2 rings (SSSR count). The molecular weight excluding hydrogens is 357 g/mol. The van der Waals surface area contributed by atoms with E-state index in [9.17, 15) is 0 Å². The van der Waals surface area contributed by atoms with Crippen molar-refractivity contribution >= 4 is 24.0 Å². The monoisotopic (exact) mass is 383 g/mol. The van der Waals surface area contributed by atoms with E-state index < -0.39 is 0 Å². The van der Waals surface area contributed by atoms with Gasteiger partial charge in [-0.3, -0.25) is 0 Å². The molecule has 0 heterocycles. The van der Waals surface area contributed by atoms with E-state index in [0.29, 0.717) is 11.6 Å². The lowest BCUT2D eigenvalue weighted by molar-refractivity contribution is 0.280. The van der Waals surface area contributed by atoms with Gasteiger partial charge in [0.05, 0.1) is 7.11 Å². The van der Waals surface area contributed by atoms with Gasteiger partial charge in [-0.25, -0.2) is 0 Å². The number of halogens is 2. The van der Waals surface area contributed by atoms with Gasteiger partial charge in [0.1, 0.15) is 6.61 Å². The molecule has 0 spiro atoms. The zero-order valence-electron chi connectivity index (χ0n) is 14.9. The minimum atomic E-state index is 0. The Kier molecular flexibility index (Phi) is 10.4. The summed E-state index contributed by atoms with van der Waals surface area (Å²) in [6, 6.07) is 13.7. The zero-order chi connectivity index (χ0) is 17.2. The molecule has 138 valence electrons. The van der Waals surface area contributed by atoms with Gasteiger partial charge < -0.3 is 14.8 Å². The number of hydrogen-bond acceptors (Lipinski definition) is 3. The van der Waals surface area contributed by atoms with E-state index >= 15 is 0 Å². The molecule has 0 fully saturated rings. The number of para-hydroxylation sites is 1. The van der Waals surface area contributed by atoms with Crippen LogP contribution in [0.3, 0.4) is 0 Å². The van der Waals surface area contributed by atoms with Gasteiger partial charge in [0.25, 0.3) is 0 Å². The van der Waals surface area contributed by atoms with E-state index in [0.717, 1.165) is 35.7 Å². The smallest absolute Gasteiger partial charge is 0.166 e. The first-order chi connectivity index (χ1) is 11.8. The molecule has 0 saturated heterocycles. The highest BCUT2D eigenvalue weighted by Gasteiger charge is 2.11. The van der Waals surface area contributed by atoms with Crippen molar-refractivity contribution in [3.8, 4) is 11.5 Å². The van der Waals surface area contributed by atoms with Crippen LogP contribution in [0.4, 0.5) is 0 Å². The first kappa shape index (κ1) is 21.6. The molecule has 3 nitrogen and oxygen atoms in total. The lowest BCUT2D eigenvalue weighted by Crippen LogP contribution is -2.15. The summed E-state index contributed by atoms with van der Waals surface area (Å²) < 4.78 is 11.5. The number of rotatable bonds is 10. The molecule has 0 aromatic heterocycles. The van der Waals surface area contributed by atoms with E-state index in [-0.39, 0.29) is 12.4 Å². The Morgan fingerprint density at radius 1 is 1.00 bits per heavy atom. The predicted octanol–water partition coefficient (Wildman–Crippen LogP) is 5.63. The molecule has 1 N–H and O–H groups in total. The van der Waals surface area contributed by atoms with Crippen LogP contribution in [0.25, 0.3) is 0 Å². The van der Waals surface area contributed by atoms with Crippen molar-refractivity contribution in [1.29, 1.82) is 0 Å². The highest BCUT2D eigenvalue weighted by Crippen LogP contribution is 2.32. The van der Waals surface area contributed by atoms with Crippen molar-refractivity contribution in [2.75, 3.05) is 13.7 Å². The van der Waals surface area contributed by atoms with Crippen molar-refractivity contribution in [2.24, 2.45) is 0 Å². The average molecular weight is 384 g/mol. The molecule has 0 radical (unpaired) electrons. The van der Waals surface area contributed by atoms with Gasteiger partial charge in [0.15, 0.2) is 11.5 Å². The average Bonchev–Trinajstić information content (AvgIpc) is 2.61. The number of nitrogens with one attached hydrogen (secondary N) is 1. The Labute approximate surface area is 162 Å². The Hall–Kier alpha value is -1.42. The summed E-state index contributed by atoms with van der Waals surface area (Å²) in [5.41, 5.74) is 2.06. The van der Waals surface area contributed by atoms with E-state index in [1.165, 1.54) is 19.3 Å². The van der Waals surface area contributed by atoms with Gasteiger partial charge in [-0.05, 0) is 25.1 Å². The minimum Gasteiger partial charge on any atom is -0.493 e. The second-order valence-corrected chi connectivity index (χ2v) is 6.12. The summed E-state index contributed by atoms with van der Waals surface area (Å²) in [6.45, 7) is 4.40. The van der Waals surface area contributed by atoms with Gasteiger partial charge in [0, 0.05) is 22.7 Å².